The lowest BCUT2D eigenvalue weighted by Gasteiger charge is -2.31. The molecule has 0 N–H and O–H groups in total. The first-order chi connectivity index (χ1) is 14.8. The number of benzene rings is 2. The van der Waals surface area contributed by atoms with Crippen molar-refractivity contribution in [3.63, 3.8) is 0 Å². The first-order valence-electron chi connectivity index (χ1n) is 10.4. The number of esters is 1. The van der Waals surface area contributed by atoms with Gasteiger partial charge in [-0.2, -0.15) is 4.31 Å². The Morgan fingerprint density at radius 3 is 2.23 bits per heavy atom. The van der Waals surface area contributed by atoms with Gasteiger partial charge in [-0.1, -0.05) is 30.3 Å². The van der Waals surface area contributed by atoms with Crippen molar-refractivity contribution in [2.24, 2.45) is 5.92 Å². The Kier molecular flexibility index (Phi) is 7.46. The van der Waals surface area contributed by atoms with Gasteiger partial charge in [-0.3, -0.25) is 9.59 Å². The van der Waals surface area contributed by atoms with E-state index in [0.29, 0.717) is 38.1 Å². The Morgan fingerprint density at radius 1 is 1.03 bits per heavy atom. The number of sulfonamides is 1. The molecule has 1 amide bonds. The van der Waals surface area contributed by atoms with E-state index in [0.717, 1.165) is 5.56 Å². The van der Waals surface area contributed by atoms with E-state index in [1.165, 1.54) is 11.4 Å². The molecule has 0 atom stereocenters. The molecule has 8 heteroatoms. The second kappa shape index (κ2) is 10.1. The summed E-state index contributed by atoms with van der Waals surface area (Å²) in [5.74, 6) is -0.416. The minimum atomic E-state index is -3.58. The number of piperidine rings is 1. The molecule has 3 rings (SSSR count). The molecule has 0 spiro atoms. The number of likely N-dealkylation sites (tertiary alicyclic amines) is 1. The predicted octanol–water partition coefficient (Wildman–Crippen LogP) is 2.92. The van der Waals surface area contributed by atoms with Gasteiger partial charge in [0.1, 0.15) is 0 Å². The molecule has 0 radical (unpaired) electrons. The van der Waals surface area contributed by atoms with Crippen molar-refractivity contribution in [2.75, 3.05) is 26.7 Å². The zero-order chi connectivity index (χ0) is 22.4. The monoisotopic (exact) mass is 444 g/mol. The van der Waals surface area contributed by atoms with E-state index in [4.69, 9.17) is 4.74 Å². The van der Waals surface area contributed by atoms with Crippen LogP contribution in [0.1, 0.15) is 35.7 Å². The maximum Gasteiger partial charge on any atom is 0.309 e. The average Bonchev–Trinajstić information content (AvgIpc) is 2.80. The number of hydrogen-bond acceptors (Lipinski definition) is 5. The highest BCUT2D eigenvalue weighted by atomic mass is 32.2. The van der Waals surface area contributed by atoms with Crippen LogP contribution in [0.2, 0.25) is 0 Å². The highest BCUT2D eigenvalue weighted by Crippen LogP contribution is 2.21. The molecule has 2 aromatic carbocycles. The summed E-state index contributed by atoms with van der Waals surface area (Å²) in [5, 5.41) is 0. The Labute approximate surface area is 183 Å². The van der Waals surface area contributed by atoms with Gasteiger partial charge in [0, 0.05) is 32.2 Å². The quantitative estimate of drug-likeness (QED) is 0.613. The number of rotatable bonds is 7. The second-order valence-corrected chi connectivity index (χ2v) is 9.63. The van der Waals surface area contributed by atoms with Crippen LogP contribution >= 0.6 is 0 Å². The summed E-state index contributed by atoms with van der Waals surface area (Å²) < 4.78 is 31.7. The van der Waals surface area contributed by atoms with E-state index in [2.05, 4.69) is 0 Å². The first-order valence-corrected chi connectivity index (χ1v) is 11.8. The third kappa shape index (κ3) is 5.51. The highest BCUT2D eigenvalue weighted by Gasteiger charge is 2.28. The smallest absolute Gasteiger partial charge is 0.309 e. The van der Waals surface area contributed by atoms with Gasteiger partial charge in [0.05, 0.1) is 17.4 Å². The molecule has 0 aromatic heterocycles. The van der Waals surface area contributed by atoms with Gasteiger partial charge >= 0.3 is 5.97 Å². The maximum absolute atomic E-state index is 12.8. The van der Waals surface area contributed by atoms with Crippen molar-refractivity contribution in [1.82, 2.24) is 9.21 Å². The summed E-state index contributed by atoms with van der Waals surface area (Å²) in [7, 11) is -2.04. The molecule has 0 bridgehead atoms. The van der Waals surface area contributed by atoms with E-state index >= 15 is 0 Å². The Bertz CT molecular complexity index is 998. The lowest BCUT2D eigenvalue weighted by molar-refractivity contribution is -0.149. The summed E-state index contributed by atoms with van der Waals surface area (Å²) >= 11 is 0. The molecule has 0 saturated carbocycles. The van der Waals surface area contributed by atoms with Gasteiger partial charge in [0.2, 0.25) is 10.0 Å². The van der Waals surface area contributed by atoms with E-state index in [-0.39, 0.29) is 29.2 Å². The topological polar surface area (TPSA) is 84.0 Å². The van der Waals surface area contributed by atoms with Crippen LogP contribution in [0.3, 0.4) is 0 Å². The van der Waals surface area contributed by atoms with Gasteiger partial charge in [-0.05, 0) is 49.6 Å². The van der Waals surface area contributed by atoms with Crippen LogP contribution in [-0.2, 0) is 26.1 Å². The van der Waals surface area contributed by atoms with Gasteiger partial charge in [-0.15, -0.1) is 0 Å². The van der Waals surface area contributed by atoms with Crippen LogP contribution < -0.4 is 0 Å². The third-order valence-corrected chi connectivity index (χ3v) is 7.28. The van der Waals surface area contributed by atoms with Crippen molar-refractivity contribution in [3.05, 3.63) is 65.7 Å². The van der Waals surface area contributed by atoms with Crippen molar-refractivity contribution in [1.29, 1.82) is 0 Å². The van der Waals surface area contributed by atoms with E-state index in [1.807, 2.05) is 0 Å². The van der Waals surface area contributed by atoms with Gasteiger partial charge < -0.3 is 9.64 Å². The molecule has 1 aliphatic rings. The molecule has 1 aliphatic heterocycles. The Balaban J connectivity index is 1.59. The van der Waals surface area contributed by atoms with E-state index in [1.54, 1.807) is 66.4 Å². The molecule has 1 fully saturated rings. The van der Waals surface area contributed by atoms with Crippen molar-refractivity contribution in [3.8, 4) is 0 Å². The van der Waals surface area contributed by atoms with E-state index in [9.17, 15) is 18.0 Å². The molecular formula is C23H28N2O5S. The van der Waals surface area contributed by atoms with Crippen LogP contribution in [-0.4, -0.2) is 56.2 Å². The fourth-order valence-electron chi connectivity index (χ4n) is 3.63. The number of amides is 1. The zero-order valence-electron chi connectivity index (χ0n) is 17.9. The second-order valence-electron chi connectivity index (χ2n) is 7.59. The van der Waals surface area contributed by atoms with Crippen molar-refractivity contribution >= 4 is 21.9 Å². The molecular weight excluding hydrogens is 416 g/mol. The fourth-order valence-corrected chi connectivity index (χ4v) is 4.81. The highest BCUT2D eigenvalue weighted by molar-refractivity contribution is 7.89. The summed E-state index contributed by atoms with van der Waals surface area (Å²) in [6.45, 7) is 3.39. The Hall–Kier alpha value is -2.71. The van der Waals surface area contributed by atoms with Crippen LogP contribution in [0.25, 0.3) is 0 Å². The summed E-state index contributed by atoms with van der Waals surface area (Å²) in [5.41, 5.74) is 1.34. The van der Waals surface area contributed by atoms with E-state index < -0.39 is 10.0 Å². The van der Waals surface area contributed by atoms with Gasteiger partial charge in [0.25, 0.3) is 5.91 Å². The molecule has 2 aromatic rings. The van der Waals surface area contributed by atoms with Crippen LogP contribution in [0.4, 0.5) is 0 Å². The fraction of sp³-hybridized carbons (Fsp3) is 0.391. The van der Waals surface area contributed by atoms with Crippen LogP contribution in [0.15, 0.2) is 59.5 Å². The molecule has 1 saturated heterocycles. The van der Waals surface area contributed by atoms with Gasteiger partial charge in [-0.25, -0.2) is 8.42 Å². The first kappa shape index (κ1) is 23.0. The number of hydrogen-bond donors (Lipinski definition) is 0. The average molecular weight is 445 g/mol. The molecule has 31 heavy (non-hydrogen) atoms. The minimum Gasteiger partial charge on any atom is -0.466 e. The third-order valence-electron chi connectivity index (χ3n) is 5.46. The zero-order valence-corrected chi connectivity index (χ0v) is 18.7. The number of carbonyl (C=O) groups excluding carboxylic acids is 2. The molecule has 0 aliphatic carbocycles. The molecule has 0 unspecified atom stereocenters. The van der Waals surface area contributed by atoms with Crippen LogP contribution in [0, 0.1) is 5.92 Å². The number of nitrogens with zero attached hydrogens (tertiary/aromatic N) is 2. The summed E-state index contributed by atoms with van der Waals surface area (Å²) in [4.78, 5) is 26.6. The lowest BCUT2D eigenvalue weighted by atomic mass is 9.96. The maximum atomic E-state index is 12.8. The minimum absolute atomic E-state index is 0.0841. The number of carbonyl (C=O) groups is 2. The summed E-state index contributed by atoms with van der Waals surface area (Å²) in [6, 6.07) is 15.3. The van der Waals surface area contributed by atoms with Gasteiger partial charge in [0.15, 0.2) is 0 Å². The van der Waals surface area contributed by atoms with Crippen LogP contribution in [0.5, 0.6) is 0 Å². The normalized spacial score (nSPS) is 15.1. The molecule has 7 nitrogen and oxygen atoms in total. The largest absolute Gasteiger partial charge is 0.466 e. The summed E-state index contributed by atoms with van der Waals surface area (Å²) in [6.07, 6.45) is 1.20. The Morgan fingerprint density at radius 2 is 1.65 bits per heavy atom. The van der Waals surface area contributed by atoms with Crippen molar-refractivity contribution in [2.45, 2.75) is 31.2 Å². The standard InChI is InChI=1S/C23H28N2O5S/c1-3-30-23(27)20-13-15-25(16-14-20)22(26)19-11-9-18(10-12-19)17-24(2)31(28,29)21-7-5-4-6-8-21/h4-12,20H,3,13-17H2,1-2H3. The SMILES string of the molecule is CCOC(=O)C1CCN(C(=O)c2ccc(CN(C)S(=O)(=O)c3ccccc3)cc2)CC1. The van der Waals surface area contributed by atoms with Crippen molar-refractivity contribution < 1.29 is 22.7 Å². The predicted molar refractivity (Wildman–Crippen MR) is 117 cm³/mol. The number of ether oxygens (including phenoxy) is 1. The molecule has 1 heterocycles. The lowest BCUT2D eigenvalue weighted by Crippen LogP contribution is -2.40. The molecule has 166 valence electrons.